The monoisotopic (exact) mass is 258 g/mol. The summed E-state index contributed by atoms with van der Waals surface area (Å²) in [7, 11) is 0. The first-order valence-corrected chi connectivity index (χ1v) is 5.64. The van der Waals surface area contributed by atoms with Crippen molar-refractivity contribution in [3.05, 3.63) is 29.8 Å². The van der Waals surface area contributed by atoms with Crippen LogP contribution in [0.15, 0.2) is 24.3 Å². The van der Waals surface area contributed by atoms with Gasteiger partial charge in [-0.05, 0) is 37.1 Å². The molecule has 1 heterocycles. The van der Waals surface area contributed by atoms with E-state index in [2.05, 4.69) is 0 Å². The lowest BCUT2D eigenvalue weighted by atomic mass is 10.0. The SMILES string of the molecule is NC1CCCN(c2ccc(C(F)(F)F)cc2)C1=O. The van der Waals surface area contributed by atoms with Crippen LogP contribution in [0.5, 0.6) is 0 Å². The second kappa shape index (κ2) is 4.61. The smallest absolute Gasteiger partial charge is 0.320 e. The Bertz CT molecular complexity index is 442. The van der Waals surface area contributed by atoms with Crippen molar-refractivity contribution in [2.24, 2.45) is 5.73 Å². The summed E-state index contributed by atoms with van der Waals surface area (Å²) >= 11 is 0. The van der Waals surface area contributed by atoms with E-state index in [1.807, 2.05) is 0 Å². The van der Waals surface area contributed by atoms with Gasteiger partial charge in [-0.2, -0.15) is 13.2 Å². The van der Waals surface area contributed by atoms with E-state index in [0.717, 1.165) is 18.6 Å². The molecule has 1 fully saturated rings. The van der Waals surface area contributed by atoms with Crippen LogP contribution in [-0.2, 0) is 11.0 Å². The van der Waals surface area contributed by atoms with E-state index in [-0.39, 0.29) is 5.91 Å². The lowest BCUT2D eigenvalue weighted by Gasteiger charge is -2.30. The van der Waals surface area contributed by atoms with Crippen molar-refractivity contribution in [1.29, 1.82) is 0 Å². The van der Waals surface area contributed by atoms with Crippen molar-refractivity contribution in [2.75, 3.05) is 11.4 Å². The quantitative estimate of drug-likeness (QED) is 0.839. The van der Waals surface area contributed by atoms with Gasteiger partial charge in [-0.1, -0.05) is 0 Å². The highest BCUT2D eigenvalue weighted by atomic mass is 19.4. The summed E-state index contributed by atoms with van der Waals surface area (Å²) in [5.41, 5.74) is 5.37. The van der Waals surface area contributed by atoms with E-state index in [9.17, 15) is 18.0 Å². The number of anilines is 1. The molecule has 6 heteroatoms. The summed E-state index contributed by atoms with van der Waals surface area (Å²) < 4.78 is 37.2. The van der Waals surface area contributed by atoms with Crippen LogP contribution < -0.4 is 10.6 Å². The van der Waals surface area contributed by atoms with E-state index in [1.54, 1.807) is 0 Å². The maximum absolute atomic E-state index is 12.4. The third-order valence-electron chi connectivity index (χ3n) is 2.99. The van der Waals surface area contributed by atoms with Crippen LogP contribution in [0.2, 0.25) is 0 Å². The van der Waals surface area contributed by atoms with Crippen LogP contribution in [0.4, 0.5) is 18.9 Å². The van der Waals surface area contributed by atoms with Crippen molar-refractivity contribution in [2.45, 2.75) is 25.1 Å². The van der Waals surface area contributed by atoms with Crippen LogP contribution in [0, 0.1) is 0 Å². The number of amides is 1. The highest BCUT2D eigenvalue weighted by Gasteiger charge is 2.31. The van der Waals surface area contributed by atoms with Crippen LogP contribution in [0.25, 0.3) is 0 Å². The molecule has 1 aromatic carbocycles. The van der Waals surface area contributed by atoms with Crippen molar-refractivity contribution in [3.63, 3.8) is 0 Å². The Hall–Kier alpha value is -1.56. The molecule has 0 radical (unpaired) electrons. The van der Waals surface area contributed by atoms with Crippen LogP contribution in [0.3, 0.4) is 0 Å². The number of rotatable bonds is 1. The topological polar surface area (TPSA) is 46.3 Å². The summed E-state index contributed by atoms with van der Waals surface area (Å²) in [6, 6.07) is 4.00. The number of piperidine rings is 1. The maximum atomic E-state index is 12.4. The molecule has 0 aliphatic carbocycles. The van der Waals surface area contributed by atoms with Gasteiger partial charge in [-0.3, -0.25) is 4.79 Å². The Labute approximate surface area is 102 Å². The molecule has 3 nitrogen and oxygen atoms in total. The summed E-state index contributed by atoms with van der Waals surface area (Å²) in [5.74, 6) is -0.235. The van der Waals surface area contributed by atoms with Crippen LogP contribution >= 0.6 is 0 Å². The van der Waals surface area contributed by atoms with E-state index >= 15 is 0 Å². The molecule has 1 amide bonds. The maximum Gasteiger partial charge on any atom is 0.416 e. The predicted molar refractivity (Wildman–Crippen MR) is 61.0 cm³/mol. The number of halogens is 3. The third-order valence-corrected chi connectivity index (χ3v) is 2.99. The Kier molecular flexibility index (Phi) is 3.30. The average molecular weight is 258 g/mol. The molecule has 1 aliphatic heterocycles. The van der Waals surface area contributed by atoms with Gasteiger partial charge in [0.05, 0.1) is 11.6 Å². The van der Waals surface area contributed by atoms with Crippen molar-refractivity contribution in [1.82, 2.24) is 0 Å². The molecule has 0 bridgehead atoms. The minimum Gasteiger partial charge on any atom is -0.320 e. The minimum absolute atomic E-state index is 0.235. The highest BCUT2D eigenvalue weighted by Crippen LogP contribution is 2.31. The summed E-state index contributed by atoms with van der Waals surface area (Å²) in [5, 5.41) is 0. The molecule has 1 aromatic rings. The number of nitrogens with two attached hydrogens (primary N) is 1. The molecule has 1 atom stereocenters. The third kappa shape index (κ3) is 2.48. The zero-order chi connectivity index (χ0) is 13.3. The van der Waals surface area contributed by atoms with E-state index in [1.165, 1.54) is 17.0 Å². The number of alkyl halides is 3. The number of hydrogen-bond acceptors (Lipinski definition) is 2. The average Bonchev–Trinajstić information content (AvgIpc) is 2.32. The van der Waals surface area contributed by atoms with E-state index in [4.69, 9.17) is 5.73 Å². The molecular formula is C12H13F3N2O. The van der Waals surface area contributed by atoms with Gasteiger partial charge < -0.3 is 10.6 Å². The lowest BCUT2D eigenvalue weighted by Crippen LogP contribution is -2.48. The first-order valence-electron chi connectivity index (χ1n) is 5.64. The van der Waals surface area contributed by atoms with Gasteiger partial charge in [0.1, 0.15) is 0 Å². The van der Waals surface area contributed by atoms with Crippen molar-refractivity contribution < 1.29 is 18.0 Å². The number of nitrogens with zero attached hydrogens (tertiary/aromatic N) is 1. The molecule has 0 aromatic heterocycles. The van der Waals surface area contributed by atoms with Gasteiger partial charge in [0.15, 0.2) is 0 Å². The summed E-state index contributed by atoms with van der Waals surface area (Å²) in [4.78, 5) is 13.2. The molecule has 0 saturated carbocycles. The van der Waals surface area contributed by atoms with Gasteiger partial charge in [0.25, 0.3) is 0 Å². The van der Waals surface area contributed by atoms with Gasteiger partial charge >= 0.3 is 6.18 Å². The normalized spacial score (nSPS) is 21.2. The largest absolute Gasteiger partial charge is 0.416 e. The Morgan fingerprint density at radius 2 is 1.83 bits per heavy atom. The molecule has 1 unspecified atom stereocenters. The Morgan fingerprint density at radius 1 is 1.22 bits per heavy atom. The van der Waals surface area contributed by atoms with Crippen molar-refractivity contribution >= 4 is 11.6 Å². The van der Waals surface area contributed by atoms with Gasteiger partial charge in [0, 0.05) is 12.2 Å². The van der Waals surface area contributed by atoms with Gasteiger partial charge in [-0.25, -0.2) is 0 Å². The van der Waals surface area contributed by atoms with Gasteiger partial charge in [0.2, 0.25) is 5.91 Å². The fourth-order valence-corrected chi connectivity index (χ4v) is 1.99. The molecule has 18 heavy (non-hydrogen) atoms. The fraction of sp³-hybridized carbons (Fsp3) is 0.417. The molecule has 1 aliphatic rings. The predicted octanol–water partition coefficient (Wildman–Crippen LogP) is 2.16. The zero-order valence-corrected chi connectivity index (χ0v) is 9.57. The number of benzene rings is 1. The number of hydrogen-bond donors (Lipinski definition) is 1. The minimum atomic E-state index is -4.36. The second-order valence-corrected chi connectivity index (χ2v) is 4.28. The standard InChI is InChI=1S/C12H13F3N2O/c13-12(14,15)8-3-5-9(6-4-8)17-7-1-2-10(16)11(17)18/h3-6,10H,1-2,7,16H2. The first-order chi connectivity index (χ1) is 8.39. The van der Waals surface area contributed by atoms with Gasteiger partial charge in [-0.15, -0.1) is 0 Å². The molecule has 0 spiro atoms. The second-order valence-electron chi connectivity index (χ2n) is 4.28. The number of carbonyl (C=O) groups excluding carboxylic acids is 1. The highest BCUT2D eigenvalue weighted by molar-refractivity contribution is 5.97. The lowest BCUT2D eigenvalue weighted by molar-refractivity contribution is -0.137. The van der Waals surface area contributed by atoms with Crippen LogP contribution in [0.1, 0.15) is 18.4 Å². The molecule has 1 saturated heterocycles. The molecule has 2 rings (SSSR count). The number of carbonyl (C=O) groups is 1. The Balaban J connectivity index is 2.22. The molecule has 2 N–H and O–H groups in total. The molecule has 98 valence electrons. The molecular weight excluding hydrogens is 245 g/mol. The first kappa shape index (κ1) is 12.9. The van der Waals surface area contributed by atoms with Crippen LogP contribution in [-0.4, -0.2) is 18.5 Å². The van der Waals surface area contributed by atoms with Crippen molar-refractivity contribution in [3.8, 4) is 0 Å². The summed E-state index contributed by atoms with van der Waals surface area (Å²) in [6.07, 6.45) is -2.98. The zero-order valence-electron chi connectivity index (χ0n) is 9.57. The Morgan fingerprint density at radius 3 is 2.39 bits per heavy atom. The fourth-order valence-electron chi connectivity index (χ4n) is 1.99. The van der Waals surface area contributed by atoms with E-state index < -0.39 is 17.8 Å². The van der Waals surface area contributed by atoms with E-state index in [0.29, 0.717) is 18.7 Å². The summed E-state index contributed by atoms with van der Waals surface area (Å²) in [6.45, 7) is 0.498.